The molecule has 4 rings (SSSR count). The third-order valence-electron chi connectivity index (χ3n) is 4.27. The van der Waals surface area contributed by atoms with Gasteiger partial charge in [0.25, 0.3) is 5.56 Å². The third kappa shape index (κ3) is 3.65. The Morgan fingerprint density at radius 2 is 2.10 bits per heavy atom. The molecule has 1 aromatic carbocycles. The molecule has 0 bridgehead atoms. The number of ether oxygens (including phenoxy) is 1. The normalized spacial score (nSPS) is 10.8. The van der Waals surface area contributed by atoms with Crippen molar-refractivity contribution < 1.29 is 13.9 Å². The number of carbonyl (C=O) groups is 1. The van der Waals surface area contributed by atoms with Crippen LogP contribution in [0.1, 0.15) is 0 Å². The minimum Gasteiger partial charge on any atom is -0.496 e. The molecule has 0 radical (unpaired) electrons. The first-order valence-electron chi connectivity index (χ1n) is 8.50. The quantitative estimate of drug-likeness (QED) is 0.487. The molecule has 0 aliphatic rings. The van der Waals surface area contributed by atoms with Gasteiger partial charge in [-0.1, -0.05) is 0 Å². The van der Waals surface area contributed by atoms with Gasteiger partial charge in [-0.15, -0.1) is 0 Å². The Labute approximate surface area is 169 Å². The van der Waals surface area contributed by atoms with Crippen molar-refractivity contribution in [3.8, 4) is 17.1 Å². The largest absolute Gasteiger partial charge is 0.496 e. The van der Waals surface area contributed by atoms with Crippen molar-refractivity contribution in [2.75, 3.05) is 12.4 Å². The number of fused-ring (bicyclic) bond motifs is 1. The van der Waals surface area contributed by atoms with E-state index in [-0.39, 0.29) is 17.2 Å². The predicted molar refractivity (Wildman–Crippen MR) is 108 cm³/mol. The van der Waals surface area contributed by atoms with E-state index < -0.39 is 5.56 Å². The van der Waals surface area contributed by atoms with Crippen molar-refractivity contribution in [3.63, 3.8) is 0 Å². The van der Waals surface area contributed by atoms with E-state index in [0.29, 0.717) is 33.7 Å². The molecule has 29 heavy (non-hydrogen) atoms. The van der Waals surface area contributed by atoms with Crippen LogP contribution in [-0.2, 0) is 11.3 Å². The summed E-state index contributed by atoms with van der Waals surface area (Å²) in [6.07, 6.45) is 5.93. The molecule has 0 unspecified atom stereocenters. The molecule has 10 heteroatoms. The number of hydrogen-bond donors (Lipinski definition) is 2. The first-order valence-corrected chi connectivity index (χ1v) is 8.91. The average molecular weight is 409 g/mol. The van der Waals surface area contributed by atoms with Gasteiger partial charge in [0.2, 0.25) is 5.91 Å². The first-order chi connectivity index (χ1) is 14.1. The number of methoxy groups -OCH3 is 1. The molecule has 146 valence electrons. The van der Waals surface area contributed by atoms with Crippen LogP contribution in [-0.4, -0.2) is 32.5 Å². The number of pyridine rings is 1. The number of oxazole rings is 1. The Morgan fingerprint density at radius 1 is 1.31 bits per heavy atom. The number of aromatic amines is 1. The second-order valence-corrected chi connectivity index (χ2v) is 6.46. The van der Waals surface area contributed by atoms with Gasteiger partial charge in [0.05, 0.1) is 29.8 Å². The summed E-state index contributed by atoms with van der Waals surface area (Å²) in [5.74, 6) is 0.557. The summed E-state index contributed by atoms with van der Waals surface area (Å²) in [7, 11) is 1.51. The first kappa shape index (κ1) is 18.6. The molecule has 0 aliphatic carbocycles. The van der Waals surface area contributed by atoms with E-state index in [1.165, 1.54) is 24.3 Å². The standard InChI is InChI=1S/C19H15N5O4S/c1-27-15-7-14-12(6-13(15)16-8-21-10-28-16)18(26)24(19(29)23-14)9-17(25)22-11-2-4-20-5-3-11/h2-8,10H,9H2,1H3,(H,23,29)(H,20,22,25). The smallest absolute Gasteiger partial charge is 0.262 e. The van der Waals surface area contributed by atoms with Gasteiger partial charge in [-0.3, -0.25) is 19.1 Å². The number of aromatic nitrogens is 4. The van der Waals surface area contributed by atoms with E-state index in [4.69, 9.17) is 21.4 Å². The van der Waals surface area contributed by atoms with Gasteiger partial charge in [0, 0.05) is 24.1 Å². The van der Waals surface area contributed by atoms with Crippen molar-refractivity contribution in [2.45, 2.75) is 6.54 Å². The van der Waals surface area contributed by atoms with Gasteiger partial charge in [-0.25, -0.2) is 4.98 Å². The number of nitrogens with zero attached hydrogens (tertiary/aromatic N) is 3. The summed E-state index contributed by atoms with van der Waals surface area (Å²) in [5, 5.41) is 3.04. The number of H-pyrrole nitrogens is 1. The van der Waals surface area contributed by atoms with Crippen LogP contribution in [0.15, 0.2) is 58.5 Å². The van der Waals surface area contributed by atoms with E-state index in [1.807, 2.05) is 0 Å². The number of anilines is 1. The zero-order valence-corrected chi connectivity index (χ0v) is 16.0. The van der Waals surface area contributed by atoms with Crippen molar-refractivity contribution in [1.82, 2.24) is 19.5 Å². The zero-order valence-electron chi connectivity index (χ0n) is 15.2. The Hall–Kier alpha value is -3.79. The van der Waals surface area contributed by atoms with Crippen LogP contribution in [0.25, 0.3) is 22.2 Å². The molecule has 0 fully saturated rings. The second kappa shape index (κ2) is 7.68. The minimum atomic E-state index is -0.406. The highest BCUT2D eigenvalue weighted by Gasteiger charge is 2.16. The Kier molecular flexibility index (Phi) is 4.92. The Morgan fingerprint density at radius 3 is 2.79 bits per heavy atom. The number of amides is 1. The number of nitrogens with one attached hydrogen (secondary N) is 2. The molecule has 0 aliphatic heterocycles. The van der Waals surface area contributed by atoms with E-state index in [9.17, 15) is 9.59 Å². The molecule has 0 saturated carbocycles. The molecule has 0 saturated heterocycles. The lowest BCUT2D eigenvalue weighted by molar-refractivity contribution is -0.116. The SMILES string of the molecule is COc1cc2[nH]c(=S)n(CC(=O)Nc3ccncc3)c(=O)c2cc1-c1cnco1. The molecule has 0 atom stereocenters. The summed E-state index contributed by atoms with van der Waals surface area (Å²) >= 11 is 5.29. The molecular formula is C19H15N5O4S. The summed E-state index contributed by atoms with van der Waals surface area (Å²) in [4.78, 5) is 36.2. The van der Waals surface area contributed by atoms with Crippen LogP contribution < -0.4 is 15.6 Å². The number of rotatable bonds is 5. The average Bonchev–Trinajstić information content (AvgIpc) is 3.25. The van der Waals surface area contributed by atoms with Crippen LogP contribution in [0.2, 0.25) is 0 Å². The molecule has 3 aromatic heterocycles. The minimum absolute atomic E-state index is 0.127. The summed E-state index contributed by atoms with van der Waals surface area (Å²) < 4.78 is 12.1. The van der Waals surface area contributed by atoms with E-state index >= 15 is 0 Å². The van der Waals surface area contributed by atoms with Crippen molar-refractivity contribution in [1.29, 1.82) is 0 Å². The van der Waals surface area contributed by atoms with Gasteiger partial charge in [-0.05, 0) is 30.4 Å². The lowest BCUT2D eigenvalue weighted by Crippen LogP contribution is -2.29. The van der Waals surface area contributed by atoms with Gasteiger partial charge in [0.1, 0.15) is 12.3 Å². The molecule has 4 aromatic rings. The van der Waals surface area contributed by atoms with E-state index in [0.717, 1.165) is 0 Å². The number of carbonyl (C=O) groups excluding carboxylic acids is 1. The van der Waals surface area contributed by atoms with E-state index in [1.54, 1.807) is 36.7 Å². The van der Waals surface area contributed by atoms with Crippen molar-refractivity contribution >= 4 is 34.7 Å². The summed E-state index contributed by atoms with van der Waals surface area (Å²) in [6, 6.07) is 6.58. The Balaban J connectivity index is 1.76. The maximum atomic E-state index is 13.1. The molecule has 9 nitrogen and oxygen atoms in total. The number of hydrogen-bond acceptors (Lipinski definition) is 7. The van der Waals surface area contributed by atoms with Crippen LogP contribution in [0.5, 0.6) is 5.75 Å². The van der Waals surface area contributed by atoms with Gasteiger partial charge in [0.15, 0.2) is 16.9 Å². The van der Waals surface area contributed by atoms with Gasteiger partial charge >= 0.3 is 0 Å². The van der Waals surface area contributed by atoms with Crippen molar-refractivity contribution in [2.24, 2.45) is 0 Å². The fourth-order valence-corrected chi connectivity index (χ4v) is 3.17. The lowest BCUT2D eigenvalue weighted by Gasteiger charge is -2.11. The Bertz CT molecular complexity index is 1300. The van der Waals surface area contributed by atoms with Gasteiger partial charge < -0.3 is 19.5 Å². The molecule has 0 spiro atoms. The van der Waals surface area contributed by atoms with E-state index in [2.05, 4.69) is 20.3 Å². The molecule has 3 heterocycles. The van der Waals surface area contributed by atoms with Gasteiger partial charge in [-0.2, -0.15) is 0 Å². The second-order valence-electron chi connectivity index (χ2n) is 6.07. The zero-order chi connectivity index (χ0) is 20.4. The fraction of sp³-hybridized carbons (Fsp3) is 0.105. The molecule has 2 N–H and O–H groups in total. The monoisotopic (exact) mass is 409 g/mol. The lowest BCUT2D eigenvalue weighted by atomic mass is 10.1. The molecule has 1 amide bonds. The fourth-order valence-electron chi connectivity index (χ4n) is 2.91. The van der Waals surface area contributed by atoms with Crippen LogP contribution in [0, 0.1) is 4.77 Å². The maximum Gasteiger partial charge on any atom is 0.262 e. The van der Waals surface area contributed by atoms with Crippen LogP contribution in [0.3, 0.4) is 0 Å². The highest BCUT2D eigenvalue weighted by molar-refractivity contribution is 7.71. The summed E-state index contributed by atoms with van der Waals surface area (Å²) in [6.45, 7) is -0.240. The van der Waals surface area contributed by atoms with Crippen LogP contribution >= 0.6 is 12.2 Å². The summed E-state index contributed by atoms with van der Waals surface area (Å²) in [5.41, 5.74) is 1.22. The van der Waals surface area contributed by atoms with Crippen molar-refractivity contribution in [3.05, 3.63) is 64.4 Å². The highest BCUT2D eigenvalue weighted by atomic mass is 32.1. The topological polar surface area (TPSA) is 115 Å². The third-order valence-corrected chi connectivity index (χ3v) is 4.59. The predicted octanol–water partition coefficient (Wildman–Crippen LogP) is 2.76. The molecular weight excluding hydrogens is 394 g/mol. The highest BCUT2D eigenvalue weighted by Crippen LogP contribution is 2.32. The maximum absolute atomic E-state index is 13.1. The van der Waals surface area contributed by atoms with Crippen LogP contribution in [0.4, 0.5) is 5.69 Å². The number of benzene rings is 1.